The van der Waals surface area contributed by atoms with Gasteiger partial charge in [0.1, 0.15) is 11.4 Å². The molecule has 24 heavy (non-hydrogen) atoms. The van der Waals surface area contributed by atoms with Crippen LogP contribution in [0.3, 0.4) is 0 Å². The third-order valence-corrected chi connectivity index (χ3v) is 5.76. The van der Waals surface area contributed by atoms with E-state index >= 15 is 0 Å². The average molecular weight is 368 g/mol. The molecular weight excluding hydrogens is 356 g/mol. The van der Waals surface area contributed by atoms with Crippen molar-refractivity contribution in [2.45, 2.75) is 18.2 Å². The summed E-state index contributed by atoms with van der Waals surface area (Å²) in [6.45, 7) is 1.60. The lowest BCUT2D eigenvalue weighted by Crippen LogP contribution is -2.32. The van der Waals surface area contributed by atoms with Crippen LogP contribution < -0.4 is 9.60 Å². The number of carbonyl (C=O) groups excluding carboxylic acids is 1. The number of amides is 1. The minimum atomic E-state index is -4.05. The van der Waals surface area contributed by atoms with Crippen LogP contribution in [0, 0.1) is 6.92 Å². The highest BCUT2D eigenvalue weighted by atomic mass is 32.2. The molecule has 0 saturated carbocycles. The van der Waals surface area contributed by atoms with E-state index in [9.17, 15) is 18.0 Å². The van der Waals surface area contributed by atoms with Crippen molar-refractivity contribution in [1.82, 2.24) is 19.6 Å². The van der Waals surface area contributed by atoms with Crippen LogP contribution in [0.2, 0.25) is 0 Å². The molecule has 1 N–H and O–H groups in total. The molecule has 0 saturated heterocycles. The predicted octanol–water partition coefficient (Wildman–Crippen LogP) is 0.339. The normalized spacial score (nSPS) is 11.8. The summed E-state index contributed by atoms with van der Waals surface area (Å²) in [7, 11) is -2.45. The fraction of sp³-hybridized carbons (Fsp3) is 0.231. The SMILES string of the molecule is Cc1nonc1CC(=O)NS(=O)(=O)c1ccc2c(c1)sc(=O)n2C. The molecular formula is C13H12N4O5S2. The molecule has 0 unspecified atom stereocenters. The highest BCUT2D eigenvalue weighted by Gasteiger charge is 2.21. The van der Waals surface area contributed by atoms with Crippen molar-refractivity contribution in [1.29, 1.82) is 0 Å². The fourth-order valence-corrected chi connectivity index (χ4v) is 4.09. The minimum absolute atomic E-state index is 0.0970. The standard InChI is InChI=1S/C13H12N4O5S2/c1-7-9(15-22-14-7)6-12(18)16-24(20,21)8-3-4-10-11(5-8)23-13(19)17(10)2/h3-5H,6H2,1-2H3,(H,16,18). The molecule has 0 spiro atoms. The van der Waals surface area contributed by atoms with Crippen molar-refractivity contribution in [3.63, 3.8) is 0 Å². The lowest BCUT2D eigenvalue weighted by atomic mass is 10.2. The average Bonchev–Trinajstić information content (AvgIpc) is 3.02. The smallest absolute Gasteiger partial charge is 0.302 e. The summed E-state index contributed by atoms with van der Waals surface area (Å²) in [5.74, 6) is -0.754. The number of sulfonamides is 1. The first-order valence-corrected chi connectivity index (χ1v) is 9.01. The fourth-order valence-electron chi connectivity index (χ4n) is 2.09. The Morgan fingerprint density at radius 3 is 2.79 bits per heavy atom. The molecule has 0 aliphatic rings. The maximum absolute atomic E-state index is 12.3. The Morgan fingerprint density at radius 2 is 2.12 bits per heavy atom. The molecule has 0 aliphatic carbocycles. The van der Waals surface area contributed by atoms with E-state index in [2.05, 4.69) is 14.9 Å². The van der Waals surface area contributed by atoms with Gasteiger partial charge in [-0.2, -0.15) is 0 Å². The van der Waals surface area contributed by atoms with E-state index in [1.807, 2.05) is 4.72 Å². The van der Waals surface area contributed by atoms with Gasteiger partial charge < -0.3 is 4.57 Å². The van der Waals surface area contributed by atoms with Crippen LogP contribution in [0.1, 0.15) is 11.4 Å². The first-order valence-electron chi connectivity index (χ1n) is 6.71. The van der Waals surface area contributed by atoms with Gasteiger partial charge in [-0.1, -0.05) is 21.7 Å². The molecule has 11 heteroatoms. The molecule has 0 aliphatic heterocycles. The van der Waals surface area contributed by atoms with Gasteiger partial charge in [-0.3, -0.25) is 9.59 Å². The molecule has 3 aromatic rings. The topological polar surface area (TPSA) is 124 Å². The molecule has 3 rings (SSSR count). The molecule has 2 aromatic heterocycles. The Hall–Kier alpha value is -2.53. The van der Waals surface area contributed by atoms with Crippen molar-refractivity contribution in [3.8, 4) is 0 Å². The molecule has 0 atom stereocenters. The third kappa shape index (κ3) is 2.95. The number of carbonyl (C=O) groups is 1. The Balaban J connectivity index is 1.86. The number of benzene rings is 1. The van der Waals surface area contributed by atoms with Crippen LogP contribution in [0.5, 0.6) is 0 Å². The molecule has 0 fully saturated rings. The van der Waals surface area contributed by atoms with Gasteiger partial charge in [-0.25, -0.2) is 17.8 Å². The molecule has 0 bridgehead atoms. The van der Waals surface area contributed by atoms with Crippen LogP contribution >= 0.6 is 11.3 Å². The number of nitrogens with one attached hydrogen (secondary N) is 1. The second-order valence-electron chi connectivity index (χ2n) is 5.06. The van der Waals surface area contributed by atoms with Gasteiger partial charge in [0.25, 0.3) is 10.0 Å². The summed E-state index contributed by atoms with van der Waals surface area (Å²) in [4.78, 5) is 23.3. The molecule has 1 aromatic carbocycles. The maximum Gasteiger partial charge on any atom is 0.307 e. The largest absolute Gasteiger partial charge is 0.307 e. The van der Waals surface area contributed by atoms with E-state index in [1.54, 1.807) is 14.0 Å². The number of nitrogens with zero attached hydrogens (tertiary/aromatic N) is 3. The minimum Gasteiger partial charge on any atom is -0.302 e. The van der Waals surface area contributed by atoms with Crippen molar-refractivity contribution in [3.05, 3.63) is 39.3 Å². The summed E-state index contributed by atoms with van der Waals surface area (Å²) in [5.41, 5.74) is 1.30. The Kier molecular flexibility index (Phi) is 3.97. The highest BCUT2D eigenvalue weighted by Crippen LogP contribution is 2.21. The number of aromatic nitrogens is 3. The Labute approximate surface area is 139 Å². The first-order chi connectivity index (χ1) is 11.3. The summed E-state index contributed by atoms with van der Waals surface area (Å²) < 4.78 is 33.0. The zero-order chi connectivity index (χ0) is 17.5. The molecule has 2 heterocycles. The van der Waals surface area contributed by atoms with Crippen LogP contribution in [0.25, 0.3) is 10.2 Å². The van der Waals surface area contributed by atoms with E-state index in [0.717, 1.165) is 11.3 Å². The Morgan fingerprint density at radius 1 is 1.38 bits per heavy atom. The van der Waals surface area contributed by atoms with Gasteiger partial charge in [-0.05, 0) is 25.1 Å². The number of aryl methyl sites for hydroxylation is 2. The van der Waals surface area contributed by atoms with E-state index in [0.29, 0.717) is 15.9 Å². The van der Waals surface area contributed by atoms with Gasteiger partial charge >= 0.3 is 4.87 Å². The van der Waals surface area contributed by atoms with E-state index in [1.165, 1.54) is 22.8 Å². The summed E-state index contributed by atoms with van der Waals surface area (Å²) >= 11 is 0.933. The third-order valence-electron chi connectivity index (χ3n) is 3.40. The maximum atomic E-state index is 12.3. The number of hydrogen-bond acceptors (Lipinski definition) is 8. The van der Waals surface area contributed by atoms with Crippen molar-refractivity contribution >= 4 is 37.5 Å². The molecule has 126 valence electrons. The zero-order valence-corrected chi connectivity index (χ0v) is 14.3. The summed E-state index contributed by atoms with van der Waals surface area (Å²) in [6, 6.07) is 4.23. The van der Waals surface area contributed by atoms with E-state index < -0.39 is 15.9 Å². The van der Waals surface area contributed by atoms with Crippen molar-refractivity contribution in [2.75, 3.05) is 0 Å². The van der Waals surface area contributed by atoms with Gasteiger partial charge in [0.15, 0.2) is 0 Å². The van der Waals surface area contributed by atoms with Crippen LogP contribution in [-0.2, 0) is 28.3 Å². The van der Waals surface area contributed by atoms with Gasteiger partial charge in [0.05, 0.1) is 21.5 Å². The predicted molar refractivity (Wildman–Crippen MR) is 85.1 cm³/mol. The summed E-state index contributed by atoms with van der Waals surface area (Å²) in [6.07, 6.45) is -0.268. The number of rotatable bonds is 4. The lowest BCUT2D eigenvalue weighted by molar-refractivity contribution is -0.118. The zero-order valence-electron chi connectivity index (χ0n) is 12.6. The number of hydrogen-bond donors (Lipinski definition) is 1. The molecule has 9 nitrogen and oxygen atoms in total. The van der Waals surface area contributed by atoms with Crippen LogP contribution in [0.15, 0.2) is 32.5 Å². The second kappa shape index (κ2) is 5.83. The first kappa shape index (κ1) is 16.3. The van der Waals surface area contributed by atoms with Crippen molar-refractivity contribution in [2.24, 2.45) is 7.05 Å². The van der Waals surface area contributed by atoms with Crippen LogP contribution in [-0.4, -0.2) is 29.2 Å². The highest BCUT2D eigenvalue weighted by molar-refractivity contribution is 7.90. The Bertz CT molecular complexity index is 1090. The number of thiazole rings is 1. The van der Waals surface area contributed by atoms with Gasteiger partial charge in [-0.15, -0.1) is 0 Å². The van der Waals surface area contributed by atoms with E-state index in [4.69, 9.17) is 0 Å². The lowest BCUT2D eigenvalue weighted by Gasteiger charge is -2.06. The van der Waals surface area contributed by atoms with Crippen molar-refractivity contribution < 1.29 is 17.8 Å². The summed E-state index contributed by atoms with van der Waals surface area (Å²) in [5, 5.41) is 7.06. The molecule has 0 radical (unpaired) electrons. The quantitative estimate of drug-likeness (QED) is 0.704. The second-order valence-corrected chi connectivity index (χ2v) is 7.73. The van der Waals surface area contributed by atoms with E-state index in [-0.39, 0.29) is 21.9 Å². The number of fused-ring (bicyclic) bond motifs is 1. The van der Waals surface area contributed by atoms with Gasteiger partial charge in [0.2, 0.25) is 5.91 Å². The van der Waals surface area contributed by atoms with Crippen LogP contribution in [0.4, 0.5) is 0 Å². The monoisotopic (exact) mass is 368 g/mol. The van der Waals surface area contributed by atoms with Gasteiger partial charge in [0, 0.05) is 7.05 Å². The molecule has 1 amide bonds.